The lowest BCUT2D eigenvalue weighted by molar-refractivity contribution is -0.126. The molecule has 1 aromatic heterocycles. The van der Waals surface area contributed by atoms with E-state index in [1.165, 1.54) is 11.3 Å². The molecule has 0 aliphatic carbocycles. The summed E-state index contributed by atoms with van der Waals surface area (Å²) in [4.78, 5) is 30.7. The zero-order valence-electron chi connectivity index (χ0n) is 18.6. The number of carbonyl (C=O) groups is 2. The number of aryl methyl sites for hydroxylation is 1. The van der Waals surface area contributed by atoms with Gasteiger partial charge in [-0.3, -0.25) is 14.5 Å². The number of nitrogens with zero attached hydrogens (tertiary/aromatic N) is 2. The van der Waals surface area contributed by atoms with E-state index in [0.717, 1.165) is 34.6 Å². The van der Waals surface area contributed by atoms with E-state index in [9.17, 15) is 14.7 Å². The summed E-state index contributed by atoms with van der Waals surface area (Å²) >= 11 is 1.49. The molecule has 3 heterocycles. The summed E-state index contributed by atoms with van der Waals surface area (Å²) in [6.45, 7) is 4.23. The van der Waals surface area contributed by atoms with Gasteiger partial charge in [-0.1, -0.05) is 12.1 Å². The predicted molar refractivity (Wildman–Crippen MR) is 124 cm³/mol. The van der Waals surface area contributed by atoms with Gasteiger partial charge >= 0.3 is 0 Å². The van der Waals surface area contributed by atoms with Crippen LogP contribution in [0, 0.1) is 6.92 Å². The average Bonchev–Trinajstić information content (AvgIpc) is 3.42. The molecule has 2 saturated heterocycles. The quantitative estimate of drug-likeness (QED) is 0.696. The number of thiophene rings is 1. The number of hydrogen-bond donors (Lipinski definition) is 2. The molecular weight excluding hydrogens is 426 g/mol. The normalized spacial score (nSPS) is 22.2. The molecule has 8 heteroatoms. The number of nitrogens with one attached hydrogen (secondary N) is 1. The van der Waals surface area contributed by atoms with Gasteiger partial charge in [0.15, 0.2) is 0 Å². The summed E-state index contributed by atoms with van der Waals surface area (Å²) in [5.41, 5.74) is 2.00. The first-order valence-electron chi connectivity index (χ1n) is 11.1. The predicted octanol–water partition coefficient (Wildman–Crippen LogP) is 2.42. The van der Waals surface area contributed by atoms with Crippen molar-refractivity contribution in [3.05, 3.63) is 51.7 Å². The highest BCUT2D eigenvalue weighted by molar-refractivity contribution is 7.12. The standard InChI is InChI=1S/C24H31N3O4S/c1-16-8-11-32-22(16)24(30)26-9-6-18(7-10-26)27-15-19(28)13-21(27)23(29)25-14-17-4-3-5-20(12-17)31-2/h3-5,8,11-12,18-19,21,28H,6-7,9-10,13-15H2,1-2H3,(H,25,29)/t19-,21+/m1/s1. The molecule has 0 saturated carbocycles. The van der Waals surface area contributed by atoms with E-state index in [-0.39, 0.29) is 23.9 Å². The zero-order valence-corrected chi connectivity index (χ0v) is 19.4. The van der Waals surface area contributed by atoms with Crippen LogP contribution in [0.4, 0.5) is 0 Å². The van der Waals surface area contributed by atoms with Gasteiger partial charge in [0.1, 0.15) is 5.75 Å². The second-order valence-corrected chi connectivity index (χ2v) is 9.54. The molecule has 0 radical (unpaired) electrons. The third-order valence-corrected chi connectivity index (χ3v) is 7.50. The highest BCUT2D eigenvalue weighted by Gasteiger charge is 2.41. The van der Waals surface area contributed by atoms with Crippen molar-refractivity contribution >= 4 is 23.2 Å². The Morgan fingerprint density at radius 1 is 1.25 bits per heavy atom. The average molecular weight is 458 g/mol. The second-order valence-electron chi connectivity index (χ2n) is 8.63. The molecule has 2 N–H and O–H groups in total. The molecule has 2 aliphatic rings. The fraction of sp³-hybridized carbons (Fsp3) is 0.500. The van der Waals surface area contributed by atoms with E-state index in [0.29, 0.717) is 32.6 Å². The van der Waals surface area contributed by atoms with Crippen LogP contribution in [-0.2, 0) is 11.3 Å². The number of methoxy groups -OCH3 is 1. The molecule has 2 fully saturated rings. The van der Waals surface area contributed by atoms with Crippen molar-refractivity contribution in [2.24, 2.45) is 0 Å². The van der Waals surface area contributed by atoms with Crippen LogP contribution in [0.1, 0.15) is 40.1 Å². The maximum atomic E-state index is 13.0. The Morgan fingerprint density at radius 3 is 2.72 bits per heavy atom. The summed E-state index contributed by atoms with van der Waals surface area (Å²) in [5.74, 6) is 0.802. The number of benzene rings is 1. The topological polar surface area (TPSA) is 82.1 Å². The number of piperidine rings is 1. The molecule has 2 aromatic rings. The lowest BCUT2D eigenvalue weighted by atomic mass is 10.0. The molecule has 1 aromatic carbocycles. The van der Waals surface area contributed by atoms with Crippen molar-refractivity contribution in [3.8, 4) is 5.75 Å². The van der Waals surface area contributed by atoms with Gasteiger partial charge in [-0.15, -0.1) is 11.3 Å². The Balaban J connectivity index is 1.34. The van der Waals surface area contributed by atoms with E-state index in [2.05, 4.69) is 10.2 Å². The Hall–Kier alpha value is -2.42. The van der Waals surface area contributed by atoms with Gasteiger partial charge in [0.05, 0.1) is 24.1 Å². The van der Waals surface area contributed by atoms with Gasteiger partial charge in [-0.25, -0.2) is 0 Å². The summed E-state index contributed by atoms with van der Waals surface area (Å²) < 4.78 is 5.25. The lowest BCUT2D eigenvalue weighted by Gasteiger charge is -2.38. The second kappa shape index (κ2) is 10.0. The Bertz CT molecular complexity index is 954. The summed E-state index contributed by atoms with van der Waals surface area (Å²) in [6, 6.07) is 9.45. The first-order chi connectivity index (χ1) is 15.5. The molecule has 2 aliphatic heterocycles. The zero-order chi connectivity index (χ0) is 22.7. The van der Waals surface area contributed by atoms with Crippen LogP contribution in [0.25, 0.3) is 0 Å². The van der Waals surface area contributed by atoms with Gasteiger partial charge in [-0.05, 0) is 60.9 Å². The Labute approximate surface area is 193 Å². The van der Waals surface area contributed by atoms with Crippen molar-refractivity contribution in [3.63, 3.8) is 0 Å². The Morgan fingerprint density at radius 2 is 2.03 bits per heavy atom. The summed E-state index contributed by atoms with van der Waals surface area (Å²) in [6.07, 6.45) is 1.55. The van der Waals surface area contributed by atoms with Crippen LogP contribution in [0.3, 0.4) is 0 Å². The lowest BCUT2D eigenvalue weighted by Crippen LogP contribution is -2.52. The molecule has 0 spiro atoms. The van der Waals surface area contributed by atoms with Crippen LogP contribution in [0.15, 0.2) is 35.7 Å². The first kappa shape index (κ1) is 22.8. The van der Waals surface area contributed by atoms with Gasteiger partial charge in [0.25, 0.3) is 5.91 Å². The number of aliphatic hydroxyl groups excluding tert-OH is 1. The minimum absolute atomic E-state index is 0.0583. The van der Waals surface area contributed by atoms with Crippen molar-refractivity contribution < 1.29 is 19.4 Å². The molecule has 32 heavy (non-hydrogen) atoms. The van der Waals surface area contributed by atoms with Crippen LogP contribution in [0.2, 0.25) is 0 Å². The fourth-order valence-electron chi connectivity index (χ4n) is 4.72. The number of ether oxygens (including phenoxy) is 1. The minimum Gasteiger partial charge on any atom is -0.497 e. The molecule has 2 atom stereocenters. The highest BCUT2D eigenvalue weighted by atomic mass is 32.1. The van der Waals surface area contributed by atoms with Gasteiger partial charge in [0.2, 0.25) is 5.91 Å². The molecule has 2 amide bonds. The van der Waals surface area contributed by atoms with Crippen LogP contribution >= 0.6 is 11.3 Å². The smallest absolute Gasteiger partial charge is 0.264 e. The van der Waals surface area contributed by atoms with E-state index in [1.807, 2.05) is 47.5 Å². The molecule has 0 bridgehead atoms. The van der Waals surface area contributed by atoms with Crippen LogP contribution in [-0.4, -0.2) is 71.7 Å². The molecular formula is C24H31N3O4S. The van der Waals surface area contributed by atoms with Gasteiger partial charge in [0, 0.05) is 32.2 Å². The summed E-state index contributed by atoms with van der Waals surface area (Å²) in [7, 11) is 1.62. The molecule has 0 unspecified atom stereocenters. The minimum atomic E-state index is -0.504. The van der Waals surface area contributed by atoms with E-state index >= 15 is 0 Å². The fourth-order valence-corrected chi connectivity index (χ4v) is 5.62. The number of likely N-dealkylation sites (tertiary alicyclic amines) is 2. The highest BCUT2D eigenvalue weighted by Crippen LogP contribution is 2.28. The SMILES string of the molecule is COc1cccc(CNC(=O)[C@@H]2C[C@@H](O)CN2C2CCN(C(=O)c3sccc3C)CC2)c1. The number of amides is 2. The number of β-amino-alcohol motifs (C(OH)–C–C–N with tert-alkyl or cyclic N) is 1. The van der Waals surface area contributed by atoms with Crippen molar-refractivity contribution in [2.75, 3.05) is 26.7 Å². The van der Waals surface area contributed by atoms with E-state index in [1.54, 1.807) is 7.11 Å². The maximum Gasteiger partial charge on any atom is 0.264 e. The number of carbonyl (C=O) groups excluding carboxylic acids is 2. The number of aliphatic hydroxyl groups is 1. The van der Waals surface area contributed by atoms with Crippen molar-refractivity contribution in [1.82, 2.24) is 15.1 Å². The molecule has 4 rings (SSSR count). The third-order valence-electron chi connectivity index (χ3n) is 6.50. The monoisotopic (exact) mass is 457 g/mol. The van der Waals surface area contributed by atoms with Crippen molar-refractivity contribution in [2.45, 2.75) is 50.9 Å². The van der Waals surface area contributed by atoms with Crippen molar-refractivity contribution in [1.29, 1.82) is 0 Å². The third kappa shape index (κ3) is 4.98. The maximum absolute atomic E-state index is 13.0. The number of hydrogen-bond acceptors (Lipinski definition) is 6. The Kier molecular flexibility index (Phi) is 7.13. The van der Waals surface area contributed by atoms with Gasteiger partial charge in [-0.2, -0.15) is 0 Å². The largest absolute Gasteiger partial charge is 0.497 e. The van der Waals surface area contributed by atoms with E-state index < -0.39 is 6.10 Å². The molecule has 7 nitrogen and oxygen atoms in total. The summed E-state index contributed by atoms with van der Waals surface area (Å²) in [5, 5.41) is 15.3. The van der Waals surface area contributed by atoms with Crippen LogP contribution in [0.5, 0.6) is 5.75 Å². The van der Waals surface area contributed by atoms with Gasteiger partial charge < -0.3 is 20.1 Å². The van der Waals surface area contributed by atoms with Crippen LogP contribution < -0.4 is 10.1 Å². The number of rotatable bonds is 6. The first-order valence-corrected chi connectivity index (χ1v) is 12.0. The molecule has 172 valence electrons. The van der Waals surface area contributed by atoms with E-state index in [4.69, 9.17) is 4.74 Å².